The molecule has 2 aromatic carbocycles. The number of nitrogens with one attached hydrogen (secondary N) is 1. The van der Waals surface area contributed by atoms with Crippen LogP contribution >= 0.6 is 0 Å². The summed E-state index contributed by atoms with van der Waals surface area (Å²) in [6, 6.07) is 15.3. The van der Waals surface area contributed by atoms with Crippen LogP contribution in [-0.4, -0.2) is 38.8 Å². The third kappa shape index (κ3) is 7.05. The Balaban J connectivity index is 1.59. The van der Waals surface area contributed by atoms with Gasteiger partial charge in [0.25, 0.3) is 0 Å². The number of ether oxygens (including phenoxy) is 1. The zero-order valence-electron chi connectivity index (χ0n) is 20.1. The van der Waals surface area contributed by atoms with Gasteiger partial charge in [0.15, 0.2) is 0 Å². The van der Waals surface area contributed by atoms with Crippen molar-refractivity contribution in [3.8, 4) is 5.75 Å². The van der Waals surface area contributed by atoms with Crippen LogP contribution < -0.4 is 10.1 Å². The van der Waals surface area contributed by atoms with E-state index in [9.17, 15) is 13.2 Å². The minimum atomic E-state index is -3.40. The van der Waals surface area contributed by atoms with Gasteiger partial charge in [0.2, 0.25) is 15.9 Å². The zero-order valence-corrected chi connectivity index (χ0v) is 20.9. The molecule has 2 aromatic rings. The van der Waals surface area contributed by atoms with Crippen molar-refractivity contribution in [2.45, 2.75) is 51.8 Å². The molecule has 0 radical (unpaired) electrons. The molecule has 1 N–H and O–H groups in total. The first-order valence-electron chi connectivity index (χ1n) is 11.7. The zero-order chi connectivity index (χ0) is 24.0. The van der Waals surface area contributed by atoms with E-state index in [4.69, 9.17) is 4.74 Å². The van der Waals surface area contributed by atoms with Crippen LogP contribution in [0.1, 0.15) is 55.8 Å². The lowest BCUT2D eigenvalue weighted by Gasteiger charge is -2.32. The van der Waals surface area contributed by atoms with Gasteiger partial charge in [0.05, 0.1) is 18.9 Å². The maximum Gasteiger partial charge on any atom is 0.223 e. The number of hydrogen-bond acceptors (Lipinski definition) is 4. The van der Waals surface area contributed by atoms with Gasteiger partial charge >= 0.3 is 0 Å². The third-order valence-electron chi connectivity index (χ3n) is 6.23. The van der Waals surface area contributed by atoms with E-state index in [1.54, 1.807) is 7.11 Å². The number of methoxy groups -OCH3 is 1. The Morgan fingerprint density at radius 1 is 1.06 bits per heavy atom. The number of sulfonamides is 1. The van der Waals surface area contributed by atoms with E-state index in [2.05, 4.69) is 19.2 Å². The van der Waals surface area contributed by atoms with Gasteiger partial charge < -0.3 is 10.1 Å². The molecule has 180 valence electrons. The highest BCUT2D eigenvalue weighted by Crippen LogP contribution is 2.27. The third-order valence-corrected chi connectivity index (χ3v) is 8.08. The fourth-order valence-corrected chi connectivity index (χ4v) is 5.82. The molecule has 1 saturated heterocycles. The molecular weight excluding hydrogens is 436 g/mol. The Morgan fingerprint density at radius 3 is 2.21 bits per heavy atom. The lowest BCUT2D eigenvalue weighted by atomic mass is 9.93. The average molecular weight is 473 g/mol. The van der Waals surface area contributed by atoms with Crippen molar-refractivity contribution < 1.29 is 17.9 Å². The van der Waals surface area contributed by atoms with E-state index in [-0.39, 0.29) is 23.6 Å². The molecule has 0 unspecified atom stereocenters. The summed E-state index contributed by atoms with van der Waals surface area (Å²) < 4.78 is 32.5. The molecule has 0 aliphatic carbocycles. The number of benzene rings is 2. The van der Waals surface area contributed by atoms with Crippen molar-refractivity contribution in [2.75, 3.05) is 20.2 Å². The first kappa shape index (κ1) is 25.2. The lowest BCUT2D eigenvalue weighted by Crippen LogP contribution is -2.44. The van der Waals surface area contributed by atoms with E-state index in [1.807, 2.05) is 55.5 Å². The van der Waals surface area contributed by atoms with E-state index < -0.39 is 10.0 Å². The topological polar surface area (TPSA) is 75.7 Å². The Labute approximate surface area is 198 Å². The molecule has 1 amide bonds. The summed E-state index contributed by atoms with van der Waals surface area (Å²) in [6.45, 7) is 7.02. The number of aryl methyl sites for hydroxylation is 1. The molecule has 0 aromatic heterocycles. The van der Waals surface area contributed by atoms with Gasteiger partial charge in [0, 0.05) is 19.0 Å². The molecule has 3 rings (SSSR count). The fourth-order valence-electron chi connectivity index (χ4n) is 4.26. The second-order valence-electron chi connectivity index (χ2n) is 9.38. The Morgan fingerprint density at radius 2 is 1.67 bits per heavy atom. The van der Waals surface area contributed by atoms with Crippen LogP contribution in [0.5, 0.6) is 5.75 Å². The maximum atomic E-state index is 13.1. The van der Waals surface area contributed by atoms with Gasteiger partial charge in [-0.2, -0.15) is 0 Å². The number of carbonyl (C=O) groups excluding carboxylic acids is 1. The van der Waals surface area contributed by atoms with E-state index in [0.29, 0.717) is 31.8 Å². The quantitative estimate of drug-likeness (QED) is 0.585. The standard InChI is InChI=1S/C26H36N2O4S/c1-19(2)17-25(22-9-11-24(32-4)12-10-22)27-26(29)23-13-15-28(16-14-23)33(30,31)18-21-7-5-20(3)6-8-21/h5-12,19,23,25H,13-18H2,1-4H3,(H,27,29)/t25-/m0/s1. The smallest absolute Gasteiger partial charge is 0.223 e. The summed E-state index contributed by atoms with van der Waals surface area (Å²) in [4.78, 5) is 13.1. The summed E-state index contributed by atoms with van der Waals surface area (Å²) in [5.74, 6) is 1.03. The molecule has 0 saturated carbocycles. The van der Waals surface area contributed by atoms with Crippen molar-refractivity contribution in [3.63, 3.8) is 0 Å². The van der Waals surface area contributed by atoms with E-state index >= 15 is 0 Å². The average Bonchev–Trinajstić information content (AvgIpc) is 2.80. The summed E-state index contributed by atoms with van der Waals surface area (Å²) in [6.07, 6.45) is 1.91. The van der Waals surface area contributed by atoms with E-state index in [1.165, 1.54) is 4.31 Å². The van der Waals surface area contributed by atoms with Crippen LogP contribution in [0.3, 0.4) is 0 Å². The molecule has 0 spiro atoms. The van der Waals surface area contributed by atoms with Crippen molar-refractivity contribution in [3.05, 3.63) is 65.2 Å². The Kier molecular flexibility index (Phi) is 8.54. The molecule has 7 heteroatoms. The largest absolute Gasteiger partial charge is 0.497 e. The molecule has 1 fully saturated rings. The molecule has 1 heterocycles. The van der Waals surface area contributed by atoms with Crippen LogP contribution in [0, 0.1) is 18.8 Å². The van der Waals surface area contributed by atoms with Crippen LogP contribution in [0.2, 0.25) is 0 Å². The first-order valence-corrected chi connectivity index (χ1v) is 13.3. The van der Waals surface area contributed by atoms with E-state index in [0.717, 1.165) is 28.9 Å². The summed E-state index contributed by atoms with van der Waals surface area (Å²) in [5.41, 5.74) is 2.95. The molecule has 6 nitrogen and oxygen atoms in total. The molecule has 1 atom stereocenters. The summed E-state index contributed by atoms with van der Waals surface area (Å²) in [5, 5.41) is 3.22. The van der Waals surface area contributed by atoms with Gasteiger partial charge in [0.1, 0.15) is 5.75 Å². The Bertz CT molecular complexity index is 1010. The SMILES string of the molecule is COc1ccc([C@H](CC(C)C)NC(=O)C2CCN(S(=O)(=O)Cc3ccc(C)cc3)CC2)cc1. The highest BCUT2D eigenvalue weighted by molar-refractivity contribution is 7.88. The van der Waals surface area contributed by atoms with Crippen molar-refractivity contribution in [1.82, 2.24) is 9.62 Å². The van der Waals surface area contributed by atoms with Crippen LogP contribution in [-0.2, 0) is 20.6 Å². The van der Waals surface area contributed by atoms with Crippen LogP contribution in [0.15, 0.2) is 48.5 Å². The molecule has 33 heavy (non-hydrogen) atoms. The Hall–Kier alpha value is -2.38. The van der Waals surface area contributed by atoms with Gasteiger partial charge in [-0.3, -0.25) is 4.79 Å². The maximum absolute atomic E-state index is 13.1. The number of piperidine rings is 1. The highest BCUT2D eigenvalue weighted by atomic mass is 32.2. The minimum absolute atomic E-state index is 0.00191. The van der Waals surface area contributed by atoms with Crippen molar-refractivity contribution >= 4 is 15.9 Å². The highest BCUT2D eigenvalue weighted by Gasteiger charge is 2.32. The summed E-state index contributed by atoms with van der Waals surface area (Å²) >= 11 is 0. The number of amides is 1. The predicted octanol–water partition coefficient (Wildman–Crippen LogP) is 4.45. The fraction of sp³-hybridized carbons (Fsp3) is 0.500. The number of hydrogen-bond donors (Lipinski definition) is 1. The van der Waals surface area contributed by atoms with Crippen LogP contribution in [0.25, 0.3) is 0 Å². The second kappa shape index (κ2) is 11.2. The second-order valence-corrected chi connectivity index (χ2v) is 11.3. The molecular formula is C26H36N2O4S. The van der Waals surface area contributed by atoms with Gasteiger partial charge in [-0.1, -0.05) is 55.8 Å². The van der Waals surface area contributed by atoms with Crippen LogP contribution in [0.4, 0.5) is 0 Å². The number of rotatable bonds is 9. The van der Waals surface area contributed by atoms with Gasteiger partial charge in [-0.05, 0) is 55.4 Å². The van der Waals surface area contributed by atoms with Gasteiger partial charge in [-0.25, -0.2) is 12.7 Å². The normalized spacial score (nSPS) is 16.5. The lowest BCUT2D eigenvalue weighted by molar-refractivity contribution is -0.127. The van der Waals surface area contributed by atoms with Crippen molar-refractivity contribution in [2.24, 2.45) is 11.8 Å². The number of nitrogens with zero attached hydrogens (tertiary/aromatic N) is 1. The number of carbonyl (C=O) groups is 1. The first-order chi connectivity index (χ1) is 15.7. The molecule has 1 aliphatic heterocycles. The molecule has 1 aliphatic rings. The van der Waals surface area contributed by atoms with Crippen molar-refractivity contribution in [1.29, 1.82) is 0 Å². The molecule has 0 bridgehead atoms. The monoisotopic (exact) mass is 472 g/mol. The summed E-state index contributed by atoms with van der Waals surface area (Å²) in [7, 11) is -1.76. The minimum Gasteiger partial charge on any atom is -0.497 e. The predicted molar refractivity (Wildman–Crippen MR) is 131 cm³/mol. The van der Waals surface area contributed by atoms with Gasteiger partial charge in [-0.15, -0.1) is 0 Å².